The van der Waals surface area contributed by atoms with E-state index in [2.05, 4.69) is 10.3 Å². The van der Waals surface area contributed by atoms with Crippen LogP contribution in [0.1, 0.15) is 36.7 Å². The predicted octanol–water partition coefficient (Wildman–Crippen LogP) is 1.54. The van der Waals surface area contributed by atoms with Gasteiger partial charge in [-0.2, -0.15) is 0 Å². The predicted molar refractivity (Wildman–Crippen MR) is 70.4 cm³/mol. The van der Waals surface area contributed by atoms with E-state index in [0.717, 1.165) is 0 Å². The molecule has 1 aromatic rings. The van der Waals surface area contributed by atoms with Gasteiger partial charge in [0.15, 0.2) is 5.69 Å². The van der Waals surface area contributed by atoms with E-state index >= 15 is 0 Å². The highest BCUT2D eigenvalue weighted by molar-refractivity contribution is 5.92. The van der Waals surface area contributed by atoms with Gasteiger partial charge in [0.2, 0.25) is 0 Å². The summed E-state index contributed by atoms with van der Waals surface area (Å²) < 4.78 is 0. The zero-order valence-electron chi connectivity index (χ0n) is 11.1. The minimum absolute atomic E-state index is 0.109. The van der Waals surface area contributed by atoms with E-state index in [9.17, 15) is 19.7 Å². The lowest BCUT2D eigenvalue weighted by molar-refractivity contribution is -0.389. The number of hydrogen-bond acceptors (Lipinski definition) is 4. The van der Waals surface area contributed by atoms with Gasteiger partial charge in [-0.25, -0.2) is 4.98 Å². The first-order chi connectivity index (χ1) is 9.40. The monoisotopic (exact) mass is 283 g/mol. The molecule has 1 unspecified atom stereocenters. The number of carbonyl (C=O) groups is 2. The highest BCUT2D eigenvalue weighted by Gasteiger charge is 2.15. The third-order valence-electron chi connectivity index (χ3n) is 2.89. The van der Waals surface area contributed by atoms with E-state index in [0.29, 0.717) is 19.4 Å². The number of aliphatic carboxylic acids is 1. The number of carboxylic acid groups (broad SMARTS) is 1. The van der Waals surface area contributed by atoms with Crippen molar-refractivity contribution >= 4 is 17.7 Å². The molecule has 0 aliphatic carbocycles. The Kier molecular flexibility index (Phi) is 5.70. The van der Waals surface area contributed by atoms with Crippen molar-refractivity contribution in [3.63, 3.8) is 0 Å². The first-order valence-corrected chi connectivity index (χ1v) is 6.23. The number of carboxylic acids is 1. The highest BCUT2D eigenvalue weighted by Crippen LogP contribution is 2.11. The Labute approximate surface area is 115 Å². The molecule has 0 fully saturated rings. The normalized spacial score (nSPS) is 11.8. The van der Waals surface area contributed by atoms with Crippen molar-refractivity contribution in [2.45, 2.75) is 26.2 Å². The highest BCUT2D eigenvalue weighted by atomic mass is 16.6. The molecule has 0 saturated heterocycles. The number of aromatic amines is 1. The largest absolute Gasteiger partial charge is 0.481 e. The quantitative estimate of drug-likeness (QED) is 0.493. The van der Waals surface area contributed by atoms with Crippen LogP contribution < -0.4 is 5.32 Å². The number of rotatable bonds is 8. The van der Waals surface area contributed by atoms with Crippen molar-refractivity contribution in [2.75, 3.05) is 6.54 Å². The Bertz CT molecular complexity index is 497. The van der Waals surface area contributed by atoms with Gasteiger partial charge in [-0.15, -0.1) is 0 Å². The van der Waals surface area contributed by atoms with Crippen molar-refractivity contribution in [3.8, 4) is 0 Å². The third kappa shape index (κ3) is 5.09. The molecule has 0 saturated carbocycles. The van der Waals surface area contributed by atoms with Gasteiger partial charge in [0, 0.05) is 19.0 Å². The minimum atomic E-state index is -0.834. The molecular weight excluding hydrogens is 266 g/mol. The van der Waals surface area contributed by atoms with E-state index in [1.54, 1.807) is 0 Å². The molecule has 1 atom stereocenters. The first kappa shape index (κ1) is 15.7. The maximum absolute atomic E-state index is 11.7. The van der Waals surface area contributed by atoms with Gasteiger partial charge in [0.25, 0.3) is 5.91 Å². The standard InChI is InChI=1S/C12H17N3O5/c1-8(2-5-11(16)17)6-7-13-12(18)9-3-4-10(14-9)15(19)20/h3-4,8,14H,2,5-7H2,1H3,(H,13,18)(H,16,17). The average molecular weight is 283 g/mol. The molecule has 1 aromatic heterocycles. The summed E-state index contributed by atoms with van der Waals surface area (Å²) in [6.07, 6.45) is 1.32. The Morgan fingerprint density at radius 3 is 2.70 bits per heavy atom. The number of nitro groups is 1. The summed E-state index contributed by atoms with van der Waals surface area (Å²) in [5.74, 6) is -1.29. The molecule has 1 heterocycles. The van der Waals surface area contributed by atoms with E-state index in [4.69, 9.17) is 5.11 Å². The molecule has 1 rings (SSSR count). The molecular formula is C12H17N3O5. The van der Waals surface area contributed by atoms with Gasteiger partial charge < -0.3 is 20.5 Å². The lowest BCUT2D eigenvalue weighted by atomic mass is 10.0. The molecule has 8 nitrogen and oxygen atoms in total. The van der Waals surface area contributed by atoms with Gasteiger partial charge in [-0.05, 0) is 29.7 Å². The second-order valence-electron chi connectivity index (χ2n) is 4.60. The maximum Gasteiger partial charge on any atom is 0.321 e. The zero-order valence-corrected chi connectivity index (χ0v) is 11.1. The fraction of sp³-hybridized carbons (Fsp3) is 0.500. The molecule has 110 valence electrons. The van der Waals surface area contributed by atoms with Crippen LogP contribution in [-0.4, -0.2) is 33.4 Å². The van der Waals surface area contributed by atoms with Gasteiger partial charge in [0.1, 0.15) is 0 Å². The average Bonchev–Trinajstić information content (AvgIpc) is 2.86. The van der Waals surface area contributed by atoms with Crippen LogP contribution in [0.5, 0.6) is 0 Å². The SMILES string of the molecule is CC(CCNC(=O)c1ccc([N+](=O)[O-])[nH]1)CCC(=O)O. The van der Waals surface area contributed by atoms with Crippen LogP contribution in [-0.2, 0) is 4.79 Å². The van der Waals surface area contributed by atoms with Crippen molar-refractivity contribution in [1.29, 1.82) is 0 Å². The summed E-state index contributed by atoms with van der Waals surface area (Å²) in [7, 11) is 0. The topological polar surface area (TPSA) is 125 Å². The Morgan fingerprint density at radius 2 is 2.15 bits per heavy atom. The van der Waals surface area contributed by atoms with Crippen molar-refractivity contribution < 1.29 is 19.6 Å². The van der Waals surface area contributed by atoms with Crippen LogP contribution in [0.15, 0.2) is 12.1 Å². The van der Waals surface area contributed by atoms with E-state index in [1.807, 2.05) is 6.92 Å². The number of nitrogens with zero attached hydrogens (tertiary/aromatic N) is 1. The van der Waals surface area contributed by atoms with Crippen LogP contribution in [0.25, 0.3) is 0 Å². The van der Waals surface area contributed by atoms with Gasteiger partial charge in [-0.1, -0.05) is 6.92 Å². The Balaban J connectivity index is 2.32. The number of carbonyl (C=O) groups excluding carboxylic acids is 1. The fourth-order valence-electron chi connectivity index (χ4n) is 1.66. The van der Waals surface area contributed by atoms with Crippen LogP contribution >= 0.6 is 0 Å². The van der Waals surface area contributed by atoms with Gasteiger partial charge >= 0.3 is 11.8 Å². The molecule has 0 spiro atoms. The maximum atomic E-state index is 11.7. The smallest absolute Gasteiger partial charge is 0.321 e. The van der Waals surface area contributed by atoms with E-state index in [1.165, 1.54) is 12.1 Å². The second-order valence-corrected chi connectivity index (χ2v) is 4.60. The van der Waals surface area contributed by atoms with Crippen molar-refractivity contribution in [2.24, 2.45) is 5.92 Å². The van der Waals surface area contributed by atoms with Crippen molar-refractivity contribution in [3.05, 3.63) is 27.9 Å². The molecule has 0 aliphatic rings. The minimum Gasteiger partial charge on any atom is -0.481 e. The lowest BCUT2D eigenvalue weighted by Crippen LogP contribution is -2.26. The van der Waals surface area contributed by atoms with E-state index < -0.39 is 16.8 Å². The first-order valence-electron chi connectivity index (χ1n) is 6.23. The summed E-state index contributed by atoms with van der Waals surface area (Å²) >= 11 is 0. The molecule has 8 heteroatoms. The molecule has 1 amide bonds. The van der Waals surface area contributed by atoms with Crippen molar-refractivity contribution in [1.82, 2.24) is 10.3 Å². The van der Waals surface area contributed by atoms with Crippen LogP contribution in [0, 0.1) is 16.0 Å². The molecule has 3 N–H and O–H groups in total. The van der Waals surface area contributed by atoms with Gasteiger partial charge in [-0.3, -0.25) is 9.59 Å². The Hall–Kier alpha value is -2.38. The van der Waals surface area contributed by atoms with E-state index in [-0.39, 0.29) is 23.9 Å². The summed E-state index contributed by atoms with van der Waals surface area (Å²) in [5, 5.41) is 21.6. The Morgan fingerprint density at radius 1 is 1.45 bits per heavy atom. The third-order valence-corrected chi connectivity index (χ3v) is 2.89. The molecule has 0 radical (unpaired) electrons. The number of nitrogens with one attached hydrogen (secondary N) is 2. The van der Waals surface area contributed by atoms with Crippen LogP contribution in [0.4, 0.5) is 5.82 Å². The number of amides is 1. The molecule has 20 heavy (non-hydrogen) atoms. The summed E-state index contributed by atoms with van der Waals surface area (Å²) in [4.78, 5) is 34.3. The summed E-state index contributed by atoms with van der Waals surface area (Å²) in [6, 6.07) is 2.58. The number of hydrogen-bond donors (Lipinski definition) is 3. The molecule has 0 aliphatic heterocycles. The second kappa shape index (κ2) is 7.27. The molecule has 0 aromatic carbocycles. The number of aromatic nitrogens is 1. The van der Waals surface area contributed by atoms with Crippen LogP contribution in [0.3, 0.4) is 0 Å². The zero-order chi connectivity index (χ0) is 15.1. The number of H-pyrrole nitrogens is 1. The summed E-state index contributed by atoms with van der Waals surface area (Å²) in [5.41, 5.74) is 0.134. The fourth-order valence-corrected chi connectivity index (χ4v) is 1.66. The van der Waals surface area contributed by atoms with Gasteiger partial charge in [0.05, 0.1) is 0 Å². The lowest BCUT2D eigenvalue weighted by Gasteiger charge is -2.09. The summed E-state index contributed by atoms with van der Waals surface area (Å²) in [6.45, 7) is 2.31. The molecule has 0 bridgehead atoms. The van der Waals surface area contributed by atoms with Crippen LogP contribution in [0.2, 0.25) is 0 Å².